The summed E-state index contributed by atoms with van der Waals surface area (Å²) in [6, 6.07) is 0. The first-order chi connectivity index (χ1) is 5.70. The first-order valence-electron chi connectivity index (χ1n) is 4.48. The van der Waals surface area contributed by atoms with Crippen molar-refractivity contribution in [2.24, 2.45) is 3.95 Å². The van der Waals surface area contributed by atoms with E-state index in [1.165, 1.54) is 30.1 Å². The van der Waals surface area contributed by atoms with Gasteiger partial charge in [0, 0.05) is 0 Å². The van der Waals surface area contributed by atoms with Crippen molar-refractivity contribution in [2.75, 3.05) is 14.3 Å². The van der Waals surface area contributed by atoms with Crippen LogP contribution in [0.15, 0.2) is 0 Å². The second kappa shape index (κ2) is 8.99. The van der Waals surface area contributed by atoms with Gasteiger partial charge in [-0.2, -0.15) is 0 Å². The molecule has 2 N–H and O–H groups in total. The molecule has 0 spiro atoms. The van der Waals surface area contributed by atoms with Crippen molar-refractivity contribution in [3.8, 4) is 0 Å². The topological polar surface area (TPSA) is 26.0 Å². The maximum atomic E-state index is 5.86. The summed E-state index contributed by atoms with van der Waals surface area (Å²) in [5.41, 5.74) is 0. The molecule has 0 amide bonds. The van der Waals surface area contributed by atoms with Crippen LogP contribution in [0, 0.1) is 0 Å². The number of rotatable bonds is 7. The SMILES string of the molecule is CCCC(CCCI(C)N)[I-]C. The Morgan fingerprint density at radius 3 is 2.50 bits per heavy atom. The van der Waals surface area contributed by atoms with Crippen LogP contribution in [0.1, 0.15) is 32.6 Å². The van der Waals surface area contributed by atoms with E-state index in [2.05, 4.69) is 16.8 Å². The van der Waals surface area contributed by atoms with E-state index in [1.807, 2.05) is 0 Å². The van der Waals surface area contributed by atoms with E-state index >= 15 is 0 Å². The molecule has 0 aliphatic rings. The Morgan fingerprint density at radius 2 is 2.08 bits per heavy atom. The maximum absolute atomic E-state index is 5.86. The molecular formula is C9H22I2N-. The third-order valence-electron chi connectivity index (χ3n) is 1.86. The zero-order valence-electron chi connectivity index (χ0n) is 8.45. The van der Waals surface area contributed by atoms with Gasteiger partial charge in [-0.1, -0.05) is 0 Å². The predicted molar refractivity (Wildman–Crippen MR) is 62.9 cm³/mol. The second-order valence-electron chi connectivity index (χ2n) is 3.08. The van der Waals surface area contributed by atoms with Gasteiger partial charge < -0.3 is 0 Å². The average Bonchev–Trinajstić information content (AvgIpc) is 2.02. The molecule has 0 aromatic carbocycles. The van der Waals surface area contributed by atoms with Crippen molar-refractivity contribution < 1.29 is 21.2 Å². The van der Waals surface area contributed by atoms with Crippen LogP contribution in [0.25, 0.3) is 0 Å². The van der Waals surface area contributed by atoms with Gasteiger partial charge in [-0.15, -0.1) is 0 Å². The van der Waals surface area contributed by atoms with Gasteiger partial charge in [0.2, 0.25) is 0 Å². The van der Waals surface area contributed by atoms with Crippen molar-refractivity contribution in [1.29, 1.82) is 0 Å². The second-order valence-corrected chi connectivity index (χ2v) is 10.8. The van der Waals surface area contributed by atoms with Crippen LogP contribution in [-0.2, 0) is 0 Å². The molecule has 0 heterocycles. The molecule has 3 heteroatoms. The molecule has 0 fully saturated rings. The van der Waals surface area contributed by atoms with E-state index in [4.69, 9.17) is 3.95 Å². The van der Waals surface area contributed by atoms with Crippen LogP contribution in [0.5, 0.6) is 0 Å². The van der Waals surface area contributed by atoms with E-state index in [0.717, 1.165) is 3.92 Å². The van der Waals surface area contributed by atoms with E-state index < -0.39 is 20.1 Å². The first-order valence-corrected chi connectivity index (χ1v) is 12.8. The van der Waals surface area contributed by atoms with Gasteiger partial charge in [-0.25, -0.2) is 0 Å². The molecule has 0 aliphatic heterocycles. The van der Waals surface area contributed by atoms with Gasteiger partial charge in [0.1, 0.15) is 0 Å². The van der Waals surface area contributed by atoms with Gasteiger partial charge in [-0.3, -0.25) is 0 Å². The summed E-state index contributed by atoms with van der Waals surface area (Å²) in [5, 5.41) is 0. The van der Waals surface area contributed by atoms with Gasteiger partial charge >= 0.3 is 96.1 Å². The minimum absolute atomic E-state index is 0.479. The van der Waals surface area contributed by atoms with Crippen molar-refractivity contribution in [3.05, 3.63) is 0 Å². The number of hydrogen-bond donors (Lipinski definition) is 1. The Bertz CT molecular complexity index is 96.5. The summed E-state index contributed by atoms with van der Waals surface area (Å²) >= 11 is -0.416. The first kappa shape index (κ1) is 13.4. The van der Waals surface area contributed by atoms with E-state index in [0.29, 0.717) is 21.2 Å². The molecule has 0 saturated heterocycles. The summed E-state index contributed by atoms with van der Waals surface area (Å²) in [6.07, 6.45) is 5.72. The molecule has 0 aliphatic carbocycles. The number of nitrogens with two attached hydrogens (primary N) is 1. The molecule has 0 radical (unpaired) electrons. The molecule has 78 valence electrons. The van der Waals surface area contributed by atoms with Gasteiger partial charge in [0.25, 0.3) is 0 Å². The molecule has 1 nitrogen and oxygen atoms in total. The van der Waals surface area contributed by atoms with E-state index in [9.17, 15) is 0 Å². The van der Waals surface area contributed by atoms with Crippen molar-refractivity contribution in [1.82, 2.24) is 0 Å². The summed E-state index contributed by atoms with van der Waals surface area (Å²) < 4.78 is 8.32. The van der Waals surface area contributed by atoms with Crippen LogP contribution < -0.4 is 25.2 Å². The Kier molecular flexibility index (Phi) is 10.1. The fourth-order valence-corrected chi connectivity index (χ4v) is 5.14. The van der Waals surface area contributed by atoms with Gasteiger partial charge in [0.15, 0.2) is 0 Å². The summed E-state index contributed by atoms with van der Waals surface area (Å²) in [4.78, 5) is 4.68. The zero-order chi connectivity index (χ0) is 9.40. The monoisotopic (exact) mass is 398 g/mol. The zero-order valence-corrected chi connectivity index (χ0v) is 12.8. The Hall–Kier alpha value is 1.42. The van der Waals surface area contributed by atoms with Crippen molar-refractivity contribution in [3.63, 3.8) is 0 Å². The molecule has 1 unspecified atom stereocenters. The van der Waals surface area contributed by atoms with Crippen LogP contribution in [0.3, 0.4) is 0 Å². The summed E-state index contributed by atoms with van der Waals surface area (Å²) in [5.74, 6) is 0. The standard InChI is InChI=1S/C9H22I2N/c1-4-6-9(10-2)7-5-8-11(3)12/h9H,4-8,12H2,1-3H3/q-1. The molecule has 0 rings (SSSR count). The molecule has 12 heavy (non-hydrogen) atoms. The Balaban J connectivity index is 3.31. The molecule has 0 aromatic rings. The number of halogens is 2. The Morgan fingerprint density at radius 1 is 1.42 bits per heavy atom. The molecule has 0 bridgehead atoms. The third kappa shape index (κ3) is 8.04. The predicted octanol–water partition coefficient (Wildman–Crippen LogP) is -0.336. The minimum atomic E-state index is -0.896. The van der Waals surface area contributed by atoms with E-state index in [1.54, 1.807) is 0 Å². The molecule has 0 aromatic heterocycles. The van der Waals surface area contributed by atoms with Gasteiger partial charge in [0.05, 0.1) is 0 Å². The fraction of sp³-hybridized carbons (Fsp3) is 1.00. The molecule has 1 atom stereocenters. The number of alkyl halides is 4. The van der Waals surface area contributed by atoms with Crippen LogP contribution in [0.4, 0.5) is 0 Å². The van der Waals surface area contributed by atoms with Crippen LogP contribution in [0.2, 0.25) is 0 Å². The summed E-state index contributed by atoms with van der Waals surface area (Å²) in [7, 11) is 0. The normalized spacial score (nSPS) is 14.8. The van der Waals surface area contributed by atoms with E-state index in [-0.39, 0.29) is 0 Å². The molecule has 0 saturated carbocycles. The van der Waals surface area contributed by atoms with Crippen LogP contribution >= 0.6 is 20.1 Å². The van der Waals surface area contributed by atoms with Crippen molar-refractivity contribution in [2.45, 2.75) is 36.5 Å². The van der Waals surface area contributed by atoms with Crippen molar-refractivity contribution >= 4 is 20.1 Å². The average molecular weight is 398 g/mol. The fourth-order valence-electron chi connectivity index (χ4n) is 1.19. The number of hydrogen-bond acceptors (Lipinski definition) is 1. The quantitative estimate of drug-likeness (QED) is 0.355. The van der Waals surface area contributed by atoms with Gasteiger partial charge in [-0.05, 0) is 0 Å². The third-order valence-corrected chi connectivity index (χ3v) is 7.33. The summed E-state index contributed by atoms with van der Waals surface area (Å²) in [6.45, 7) is 2.30. The molecular weight excluding hydrogens is 376 g/mol. The van der Waals surface area contributed by atoms with Crippen LogP contribution in [-0.4, -0.2) is 18.2 Å². The Labute approximate surface area is 95.3 Å².